The average molecular weight is 946 g/mol. The first-order valence-electron chi connectivity index (χ1n) is 30.2. The fourth-order valence-electron chi connectivity index (χ4n) is 9.21. The minimum atomic E-state index is -0.768. The van der Waals surface area contributed by atoms with Gasteiger partial charge in [-0.15, -0.1) is 0 Å². The lowest BCUT2D eigenvalue weighted by atomic mass is 10.0. The molecule has 0 radical (unpaired) electrons. The molecule has 1 atom stereocenters. The van der Waals surface area contributed by atoms with Gasteiger partial charge in [0, 0.05) is 19.3 Å². The molecule has 396 valence electrons. The van der Waals surface area contributed by atoms with E-state index in [1.54, 1.807) is 0 Å². The Balaban J connectivity index is 4.31. The Hall–Kier alpha value is -1.85. The van der Waals surface area contributed by atoms with Gasteiger partial charge in [-0.3, -0.25) is 14.4 Å². The lowest BCUT2D eigenvalue weighted by Crippen LogP contribution is -2.30. The lowest BCUT2D eigenvalue weighted by Gasteiger charge is -2.18. The Morgan fingerprint density at radius 1 is 0.284 bits per heavy atom. The molecular weight excluding hydrogens is 829 g/mol. The van der Waals surface area contributed by atoms with Gasteiger partial charge in [0.15, 0.2) is 6.10 Å². The molecule has 0 amide bonds. The maximum atomic E-state index is 12.9. The third-order valence-electron chi connectivity index (χ3n) is 13.8. The molecule has 0 heterocycles. The highest BCUT2D eigenvalue weighted by atomic mass is 16.6. The topological polar surface area (TPSA) is 78.9 Å². The number of unbranched alkanes of at least 4 members (excludes halogenated alkanes) is 43. The van der Waals surface area contributed by atoms with E-state index in [0.717, 1.165) is 64.2 Å². The second-order valence-corrected chi connectivity index (χ2v) is 20.6. The molecule has 0 bridgehead atoms. The molecular formula is C61H116O6. The van der Waals surface area contributed by atoms with Crippen LogP contribution in [0.25, 0.3) is 0 Å². The fraction of sp³-hybridized carbons (Fsp3) is 0.918. The van der Waals surface area contributed by atoms with E-state index in [-0.39, 0.29) is 31.1 Å². The van der Waals surface area contributed by atoms with Crippen LogP contribution in [0.1, 0.15) is 342 Å². The van der Waals surface area contributed by atoms with Crippen molar-refractivity contribution in [3.8, 4) is 0 Å². The van der Waals surface area contributed by atoms with Crippen LogP contribution in [0.2, 0.25) is 0 Å². The van der Waals surface area contributed by atoms with Gasteiger partial charge >= 0.3 is 17.9 Å². The number of carbonyl (C=O) groups excluding carboxylic acids is 3. The predicted octanol–water partition coefficient (Wildman–Crippen LogP) is 20.1. The molecule has 0 aliphatic rings. The molecule has 0 aromatic rings. The highest BCUT2D eigenvalue weighted by molar-refractivity contribution is 5.71. The molecule has 6 heteroatoms. The van der Waals surface area contributed by atoms with Crippen LogP contribution >= 0.6 is 0 Å². The van der Waals surface area contributed by atoms with Crippen molar-refractivity contribution in [2.24, 2.45) is 0 Å². The third-order valence-corrected chi connectivity index (χ3v) is 13.8. The zero-order chi connectivity index (χ0) is 48.6. The molecule has 0 aliphatic carbocycles. The first-order chi connectivity index (χ1) is 33.0. The predicted molar refractivity (Wildman–Crippen MR) is 289 cm³/mol. The first kappa shape index (κ1) is 65.1. The summed E-state index contributed by atoms with van der Waals surface area (Å²) >= 11 is 0. The molecule has 0 aromatic carbocycles. The maximum absolute atomic E-state index is 12.9. The Labute approximate surface area is 418 Å². The van der Waals surface area contributed by atoms with Crippen molar-refractivity contribution >= 4 is 17.9 Å². The van der Waals surface area contributed by atoms with E-state index in [4.69, 9.17) is 14.2 Å². The van der Waals surface area contributed by atoms with Crippen LogP contribution in [0.4, 0.5) is 0 Å². The highest BCUT2D eigenvalue weighted by Crippen LogP contribution is 2.18. The van der Waals surface area contributed by atoms with Crippen molar-refractivity contribution in [1.82, 2.24) is 0 Å². The molecule has 0 aliphatic heterocycles. The summed E-state index contributed by atoms with van der Waals surface area (Å²) in [6.07, 6.45) is 64.9. The van der Waals surface area contributed by atoms with E-state index in [2.05, 4.69) is 32.9 Å². The fourth-order valence-corrected chi connectivity index (χ4v) is 9.21. The zero-order valence-corrected chi connectivity index (χ0v) is 45.5. The Morgan fingerprint density at radius 3 is 0.746 bits per heavy atom. The van der Waals surface area contributed by atoms with Gasteiger partial charge in [0.25, 0.3) is 0 Å². The Bertz CT molecular complexity index is 1040. The summed E-state index contributed by atoms with van der Waals surface area (Å²) in [4.78, 5) is 38.2. The normalized spacial score (nSPS) is 12.0. The van der Waals surface area contributed by atoms with Gasteiger partial charge in [0.05, 0.1) is 0 Å². The largest absolute Gasteiger partial charge is 0.462 e. The Kier molecular flexibility index (Phi) is 55.2. The summed E-state index contributed by atoms with van der Waals surface area (Å²) in [6.45, 7) is 6.70. The van der Waals surface area contributed by atoms with E-state index in [1.165, 1.54) is 238 Å². The zero-order valence-electron chi connectivity index (χ0n) is 45.5. The average Bonchev–Trinajstić information content (AvgIpc) is 3.33. The smallest absolute Gasteiger partial charge is 0.306 e. The quantitative estimate of drug-likeness (QED) is 0.0262. The van der Waals surface area contributed by atoms with Crippen LogP contribution in [0, 0.1) is 0 Å². The van der Waals surface area contributed by atoms with Gasteiger partial charge in [-0.2, -0.15) is 0 Å². The molecule has 0 saturated carbocycles. The molecule has 0 rings (SSSR count). The molecule has 0 spiro atoms. The summed E-state index contributed by atoms with van der Waals surface area (Å²) in [5.74, 6) is -0.847. The highest BCUT2D eigenvalue weighted by Gasteiger charge is 2.19. The van der Waals surface area contributed by atoms with Crippen molar-refractivity contribution in [2.75, 3.05) is 13.2 Å². The maximum Gasteiger partial charge on any atom is 0.306 e. The molecule has 0 saturated heterocycles. The summed E-state index contributed by atoms with van der Waals surface area (Å²) in [5, 5.41) is 0. The second-order valence-electron chi connectivity index (χ2n) is 20.6. The summed E-state index contributed by atoms with van der Waals surface area (Å²) in [7, 11) is 0. The second kappa shape index (κ2) is 56.7. The van der Waals surface area contributed by atoms with Gasteiger partial charge in [-0.05, 0) is 44.9 Å². The number of allylic oxidation sites excluding steroid dienone is 2. The molecule has 0 fully saturated rings. The number of ether oxygens (including phenoxy) is 3. The minimum Gasteiger partial charge on any atom is -0.462 e. The van der Waals surface area contributed by atoms with Gasteiger partial charge in [0.1, 0.15) is 13.2 Å². The summed E-state index contributed by atoms with van der Waals surface area (Å²) in [5.41, 5.74) is 0. The van der Waals surface area contributed by atoms with Crippen LogP contribution in [-0.2, 0) is 28.6 Å². The lowest BCUT2D eigenvalue weighted by molar-refractivity contribution is -0.167. The van der Waals surface area contributed by atoms with Gasteiger partial charge in [-0.25, -0.2) is 0 Å². The van der Waals surface area contributed by atoms with Crippen molar-refractivity contribution in [1.29, 1.82) is 0 Å². The Morgan fingerprint density at radius 2 is 0.493 bits per heavy atom. The summed E-state index contributed by atoms with van der Waals surface area (Å²) < 4.78 is 16.9. The van der Waals surface area contributed by atoms with E-state index in [9.17, 15) is 14.4 Å². The van der Waals surface area contributed by atoms with E-state index in [0.29, 0.717) is 19.3 Å². The van der Waals surface area contributed by atoms with E-state index >= 15 is 0 Å². The van der Waals surface area contributed by atoms with Crippen LogP contribution in [0.15, 0.2) is 12.2 Å². The third kappa shape index (κ3) is 55.0. The van der Waals surface area contributed by atoms with Crippen molar-refractivity contribution in [2.45, 2.75) is 348 Å². The van der Waals surface area contributed by atoms with Gasteiger partial charge in [0.2, 0.25) is 0 Å². The monoisotopic (exact) mass is 945 g/mol. The number of rotatable bonds is 56. The van der Waals surface area contributed by atoms with Crippen LogP contribution in [-0.4, -0.2) is 37.2 Å². The molecule has 0 N–H and O–H groups in total. The van der Waals surface area contributed by atoms with Crippen LogP contribution < -0.4 is 0 Å². The molecule has 67 heavy (non-hydrogen) atoms. The van der Waals surface area contributed by atoms with Crippen molar-refractivity contribution < 1.29 is 28.6 Å². The van der Waals surface area contributed by atoms with Gasteiger partial charge < -0.3 is 14.2 Å². The van der Waals surface area contributed by atoms with E-state index < -0.39 is 6.10 Å². The van der Waals surface area contributed by atoms with Crippen LogP contribution in [0.5, 0.6) is 0 Å². The van der Waals surface area contributed by atoms with Crippen molar-refractivity contribution in [3.05, 3.63) is 12.2 Å². The molecule has 0 aromatic heterocycles. The first-order valence-corrected chi connectivity index (χ1v) is 30.2. The standard InChI is InChI=1S/C61H116O6/c1-4-7-10-13-16-19-22-25-28-30-33-36-39-42-45-48-51-54-60(63)66-57-58(56-65-59(62)53-50-47-44-41-38-35-32-27-24-21-18-15-12-9-6-3)67-61(64)55-52-49-46-43-40-37-34-31-29-26-23-20-17-14-11-8-5-2/h27,32,58H,4-26,28-31,33-57H2,1-3H3/b32-27-. The number of hydrogen-bond acceptors (Lipinski definition) is 6. The number of hydrogen-bond donors (Lipinski definition) is 0. The van der Waals surface area contributed by atoms with Crippen LogP contribution in [0.3, 0.4) is 0 Å². The number of carbonyl (C=O) groups is 3. The molecule has 6 nitrogen and oxygen atoms in total. The summed E-state index contributed by atoms with van der Waals surface area (Å²) in [6, 6.07) is 0. The van der Waals surface area contributed by atoms with Crippen molar-refractivity contribution in [3.63, 3.8) is 0 Å². The van der Waals surface area contributed by atoms with Gasteiger partial charge in [-0.1, -0.05) is 290 Å². The minimum absolute atomic E-state index is 0.0662. The molecule has 1 unspecified atom stereocenters. The van der Waals surface area contributed by atoms with E-state index in [1.807, 2.05) is 0 Å². The number of esters is 3. The SMILES string of the molecule is CCCCCCCC/C=C\CCCCCCCC(=O)OCC(COC(=O)CCCCCCCCCCCCCCCCCCC)OC(=O)CCCCCCCCCCCCCCCCCCC.